The number of piperidine rings is 1. The maximum absolute atomic E-state index is 13.1. The Kier molecular flexibility index (Phi) is 6.14. The van der Waals surface area contributed by atoms with Crippen LogP contribution in [0.3, 0.4) is 0 Å². The number of benzene rings is 3. The van der Waals surface area contributed by atoms with Crippen molar-refractivity contribution in [2.75, 3.05) is 18.8 Å². The van der Waals surface area contributed by atoms with Crippen LogP contribution in [0.1, 0.15) is 24.0 Å². The lowest BCUT2D eigenvalue weighted by atomic mass is 9.89. The molecule has 176 valence electrons. The average Bonchev–Trinajstić information content (AvgIpc) is 3.13. The number of amides is 1. The van der Waals surface area contributed by atoms with Gasteiger partial charge < -0.3 is 5.32 Å². The van der Waals surface area contributed by atoms with Crippen molar-refractivity contribution in [2.24, 2.45) is 4.99 Å². The minimum atomic E-state index is -3.47. The van der Waals surface area contributed by atoms with Gasteiger partial charge in [0.25, 0.3) is 5.91 Å². The molecule has 6 nitrogen and oxygen atoms in total. The fourth-order valence-corrected chi connectivity index (χ4v) is 6.65. The molecular formula is C25H23Cl2N3O3S. The second-order valence-electron chi connectivity index (χ2n) is 8.67. The van der Waals surface area contributed by atoms with E-state index in [1.165, 1.54) is 4.31 Å². The van der Waals surface area contributed by atoms with Crippen LogP contribution in [0.5, 0.6) is 0 Å². The number of halogens is 2. The van der Waals surface area contributed by atoms with E-state index in [-0.39, 0.29) is 24.7 Å². The molecule has 0 atom stereocenters. The predicted octanol–water partition coefficient (Wildman–Crippen LogP) is 4.43. The first-order chi connectivity index (χ1) is 16.3. The highest BCUT2D eigenvalue weighted by atomic mass is 35.5. The number of aliphatic imine (C=N–C) groups is 1. The molecule has 1 fully saturated rings. The standard InChI is InChI=1S/C25H23Cl2N3O3S/c26-19-8-9-21(22(27)16-19)23-28-24(31)25(29-23)11-13-30(14-12-25)34(32,33)15-10-18-6-3-5-17-4-1-2-7-20(17)18/h1-9,16H,10-15H2,(H,28,29,31). The topological polar surface area (TPSA) is 78.8 Å². The Balaban J connectivity index is 1.28. The van der Waals surface area contributed by atoms with Crippen LogP contribution in [0, 0.1) is 0 Å². The van der Waals surface area contributed by atoms with Crippen LogP contribution < -0.4 is 5.32 Å². The molecule has 1 spiro atoms. The van der Waals surface area contributed by atoms with Crippen molar-refractivity contribution in [2.45, 2.75) is 24.8 Å². The monoisotopic (exact) mass is 515 g/mol. The largest absolute Gasteiger partial charge is 0.308 e. The van der Waals surface area contributed by atoms with Gasteiger partial charge in [0, 0.05) is 23.7 Å². The molecule has 0 saturated carbocycles. The Morgan fingerprint density at radius 2 is 1.74 bits per heavy atom. The summed E-state index contributed by atoms with van der Waals surface area (Å²) in [6, 6.07) is 18.9. The van der Waals surface area contributed by atoms with Crippen molar-refractivity contribution in [1.29, 1.82) is 0 Å². The summed E-state index contributed by atoms with van der Waals surface area (Å²) in [6.45, 7) is 0.493. The third kappa shape index (κ3) is 4.33. The molecule has 1 amide bonds. The first-order valence-electron chi connectivity index (χ1n) is 11.1. The lowest BCUT2D eigenvalue weighted by molar-refractivity contribution is -0.124. The van der Waals surface area contributed by atoms with Crippen LogP contribution in [-0.4, -0.2) is 48.8 Å². The Labute approximate surface area is 208 Å². The van der Waals surface area contributed by atoms with E-state index in [1.54, 1.807) is 18.2 Å². The van der Waals surface area contributed by atoms with Crippen molar-refractivity contribution in [3.63, 3.8) is 0 Å². The number of amidine groups is 1. The second kappa shape index (κ2) is 8.96. The summed E-state index contributed by atoms with van der Waals surface area (Å²) < 4.78 is 27.7. The van der Waals surface area contributed by atoms with Gasteiger partial charge in [0.15, 0.2) is 0 Å². The van der Waals surface area contributed by atoms with Gasteiger partial charge in [0.1, 0.15) is 11.4 Å². The van der Waals surface area contributed by atoms with Gasteiger partial charge in [-0.25, -0.2) is 12.7 Å². The van der Waals surface area contributed by atoms with Crippen LogP contribution in [-0.2, 0) is 21.2 Å². The molecule has 3 aromatic carbocycles. The molecule has 2 aliphatic heterocycles. The van der Waals surface area contributed by atoms with Crippen LogP contribution in [0.4, 0.5) is 0 Å². The van der Waals surface area contributed by atoms with Crippen molar-refractivity contribution in [3.8, 4) is 0 Å². The predicted molar refractivity (Wildman–Crippen MR) is 136 cm³/mol. The normalized spacial score (nSPS) is 18.3. The third-order valence-corrected chi connectivity index (χ3v) is 9.04. The molecule has 34 heavy (non-hydrogen) atoms. The van der Waals surface area contributed by atoms with E-state index in [9.17, 15) is 13.2 Å². The number of aryl methyl sites for hydroxylation is 1. The van der Waals surface area contributed by atoms with Crippen molar-refractivity contribution >= 4 is 55.7 Å². The van der Waals surface area contributed by atoms with Crippen molar-refractivity contribution in [3.05, 3.63) is 81.8 Å². The van der Waals surface area contributed by atoms with Gasteiger partial charge in [-0.05, 0) is 53.8 Å². The van der Waals surface area contributed by atoms with E-state index in [1.807, 2.05) is 42.5 Å². The molecule has 2 heterocycles. The molecule has 0 aliphatic carbocycles. The molecule has 0 unspecified atom stereocenters. The van der Waals surface area contributed by atoms with Crippen molar-refractivity contribution in [1.82, 2.24) is 9.62 Å². The third-order valence-electron chi connectivity index (χ3n) is 6.62. The Morgan fingerprint density at radius 1 is 1.00 bits per heavy atom. The summed E-state index contributed by atoms with van der Waals surface area (Å²) in [5.41, 5.74) is 0.640. The Bertz CT molecular complexity index is 1410. The smallest absolute Gasteiger partial charge is 0.253 e. The Morgan fingerprint density at radius 3 is 2.50 bits per heavy atom. The fourth-order valence-electron chi connectivity index (χ4n) is 4.68. The van der Waals surface area contributed by atoms with Gasteiger partial charge in [0.2, 0.25) is 10.0 Å². The molecule has 5 rings (SSSR count). The maximum Gasteiger partial charge on any atom is 0.253 e. The molecule has 1 N–H and O–H groups in total. The number of carbonyl (C=O) groups excluding carboxylic acids is 1. The van der Waals surface area contributed by atoms with Gasteiger partial charge in [-0.1, -0.05) is 65.7 Å². The summed E-state index contributed by atoms with van der Waals surface area (Å²) in [4.78, 5) is 17.5. The van der Waals surface area contributed by atoms with Gasteiger partial charge in [0.05, 0.1) is 10.8 Å². The summed E-state index contributed by atoms with van der Waals surface area (Å²) in [5.74, 6) is 0.204. The van der Waals surface area contributed by atoms with E-state index < -0.39 is 15.6 Å². The number of hydrogen-bond donors (Lipinski definition) is 1. The number of carbonyl (C=O) groups is 1. The minimum absolute atomic E-state index is 0.0229. The maximum atomic E-state index is 13.1. The highest BCUT2D eigenvalue weighted by Crippen LogP contribution is 2.33. The minimum Gasteiger partial charge on any atom is -0.308 e. The van der Waals surface area contributed by atoms with E-state index >= 15 is 0 Å². The second-order valence-corrected chi connectivity index (χ2v) is 11.6. The van der Waals surface area contributed by atoms with Gasteiger partial charge in [-0.2, -0.15) is 0 Å². The quantitative estimate of drug-likeness (QED) is 0.545. The van der Waals surface area contributed by atoms with E-state index in [0.29, 0.717) is 40.7 Å². The summed E-state index contributed by atoms with van der Waals surface area (Å²) in [5, 5.41) is 5.89. The number of nitrogens with one attached hydrogen (secondary N) is 1. The van der Waals surface area contributed by atoms with Gasteiger partial charge >= 0.3 is 0 Å². The molecule has 2 aliphatic rings. The zero-order chi connectivity index (χ0) is 23.9. The van der Waals surface area contributed by atoms with Crippen LogP contribution in [0.2, 0.25) is 10.0 Å². The molecule has 1 saturated heterocycles. The zero-order valence-electron chi connectivity index (χ0n) is 18.3. The van der Waals surface area contributed by atoms with E-state index in [2.05, 4.69) is 10.3 Å². The van der Waals surface area contributed by atoms with Crippen LogP contribution >= 0.6 is 23.2 Å². The summed E-state index contributed by atoms with van der Waals surface area (Å²) in [7, 11) is -3.47. The average molecular weight is 516 g/mol. The van der Waals surface area contributed by atoms with Crippen LogP contribution in [0.15, 0.2) is 65.7 Å². The number of sulfonamides is 1. The molecule has 0 bridgehead atoms. The van der Waals surface area contributed by atoms with Crippen molar-refractivity contribution < 1.29 is 13.2 Å². The number of rotatable bonds is 5. The lowest BCUT2D eigenvalue weighted by Crippen LogP contribution is -2.50. The van der Waals surface area contributed by atoms with Gasteiger partial charge in [-0.3, -0.25) is 9.79 Å². The van der Waals surface area contributed by atoms with Gasteiger partial charge in [-0.15, -0.1) is 0 Å². The molecule has 3 aromatic rings. The van der Waals surface area contributed by atoms with E-state index in [4.69, 9.17) is 23.2 Å². The Hall–Kier alpha value is -2.45. The first-order valence-corrected chi connectivity index (χ1v) is 13.5. The lowest BCUT2D eigenvalue weighted by Gasteiger charge is -2.34. The van der Waals surface area contributed by atoms with E-state index in [0.717, 1.165) is 16.3 Å². The number of fused-ring (bicyclic) bond motifs is 1. The first kappa shape index (κ1) is 23.3. The zero-order valence-corrected chi connectivity index (χ0v) is 20.6. The summed E-state index contributed by atoms with van der Waals surface area (Å²) in [6.07, 6.45) is 1.07. The SMILES string of the molecule is O=C1NC(c2ccc(Cl)cc2Cl)=NC12CCN(S(=O)(=O)CCc1cccc3ccccc13)CC2. The molecule has 0 radical (unpaired) electrons. The number of nitrogens with zero attached hydrogens (tertiary/aromatic N) is 2. The fraction of sp³-hybridized carbons (Fsp3) is 0.280. The number of hydrogen-bond acceptors (Lipinski definition) is 4. The van der Waals surface area contributed by atoms with Crippen LogP contribution in [0.25, 0.3) is 10.8 Å². The highest BCUT2D eigenvalue weighted by molar-refractivity contribution is 7.89. The highest BCUT2D eigenvalue weighted by Gasteiger charge is 2.47. The molecule has 9 heteroatoms. The molecular weight excluding hydrogens is 493 g/mol. The summed E-state index contributed by atoms with van der Waals surface area (Å²) >= 11 is 12.3. The molecule has 0 aromatic heterocycles.